The second-order valence-corrected chi connectivity index (χ2v) is 5.03. The zero-order valence-corrected chi connectivity index (χ0v) is 15.8. The predicted molar refractivity (Wildman–Crippen MR) is 95.9 cm³/mol. The maximum absolute atomic E-state index is 5.79. The number of halogens is 2. The maximum Gasteiger partial charge on any atom is 0.189 e. The molecule has 5 nitrogen and oxygen atoms in total. The summed E-state index contributed by atoms with van der Waals surface area (Å²) in [6.07, 6.45) is 0. The number of nitrogens with one attached hydrogen (secondary N) is 1. The van der Waals surface area contributed by atoms with E-state index in [0.29, 0.717) is 19.1 Å². The number of hydrogen-bond donors (Lipinski definition) is 2. The number of aliphatic imine (C=N–C) groups is 1. The highest BCUT2D eigenvalue weighted by Gasteiger charge is 2.03. The van der Waals surface area contributed by atoms with E-state index in [1.165, 1.54) is 0 Å². The van der Waals surface area contributed by atoms with Gasteiger partial charge >= 0.3 is 0 Å². The van der Waals surface area contributed by atoms with E-state index in [9.17, 15) is 0 Å². The van der Waals surface area contributed by atoms with Crippen LogP contribution in [0.4, 0.5) is 0 Å². The first-order valence-corrected chi connectivity index (χ1v) is 6.74. The minimum absolute atomic E-state index is 0. The second kappa shape index (κ2) is 10.2. The van der Waals surface area contributed by atoms with Crippen LogP contribution in [0.15, 0.2) is 27.7 Å². The number of rotatable bonds is 6. The number of nitrogens with two attached hydrogens (primary N) is 1. The first-order valence-electron chi connectivity index (χ1n) is 5.94. The Hall–Kier alpha value is -0.540. The van der Waals surface area contributed by atoms with Gasteiger partial charge in [0.2, 0.25) is 0 Å². The molecule has 0 saturated carbocycles. The first-order chi connectivity index (χ1) is 9.06. The van der Waals surface area contributed by atoms with Crippen LogP contribution in [0.2, 0.25) is 0 Å². The van der Waals surface area contributed by atoms with Crippen molar-refractivity contribution >= 4 is 45.9 Å². The third kappa shape index (κ3) is 6.76. The van der Waals surface area contributed by atoms with Crippen molar-refractivity contribution in [3.05, 3.63) is 28.2 Å². The zero-order chi connectivity index (χ0) is 14.3. The van der Waals surface area contributed by atoms with Gasteiger partial charge in [0.1, 0.15) is 5.75 Å². The Bertz CT molecular complexity index is 444. The van der Waals surface area contributed by atoms with Crippen LogP contribution in [0.1, 0.15) is 12.5 Å². The van der Waals surface area contributed by atoms with Gasteiger partial charge < -0.3 is 20.5 Å². The molecule has 0 fully saturated rings. The third-order valence-electron chi connectivity index (χ3n) is 2.46. The quantitative estimate of drug-likeness (QED) is 0.391. The Morgan fingerprint density at radius 1 is 1.45 bits per heavy atom. The molecule has 0 heterocycles. The number of nitrogens with zero attached hydrogens (tertiary/aromatic N) is 1. The van der Waals surface area contributed by atoms with Crippen molar-refractivity contribution in [1.82, 2.24) is 5.32 Å². The fourth-order valence-electron chi connectivity index (χ4n) is 1.57. The van der Waals surface area contributed by atoms with E-state index in [-0.39, 0.29) is 30.0 Å². The molecule has 20 heavy (non-hydrogen) atoms. The van der Waals surface area contributed by atoms with E-state index in [0.717, 1.165) is 15.8 Å². The molecule has 1 aromatic rings. The molecule has 1 rings (SSSR count). The molecule has 0 bridgehead atoms. The van der Waals surface area contributed by atoms with E-state index >= 15 is 0 Å². The van der Waals surface area contributed by atoms with Gasteiger partial charge in [0.15, 0.2) is 5.96 Å². The maximum atomic E-state index is 5.79. The fourth-order valence-corrected chi connectivity index (χ4v) is 2.16. The van der Waals surface area contributed by atoms with Crippen molar-refractivity contribution in [1.29, 1.82) is 0 Å². The normalized spacial score (nSPS) is 12.5. The van der Waals surface area contributed by atoms with E-state index in [1.54, 1.807) is 14.2 Å². The molecule has 7 heteroatoms. The number of hydrogen-bond acceptors (Lipinski definition) is 3. The number of ether oxygens (including phenoxy) is 2. The number of benzene rings is 1. The Morgan fingerprint density at radius 3 is 2.70 bits per heavy atom. The summed E-state index contributed by atoms with van der Waals surface area (Å²) in [5.41, 5.74) is 6.85. The average Bonchev–Trinajstić information content (AvgIpc) is 2.36. The highest BCUT2D eigenvalue weighted by Crippen LogP contribution is 2.25. The minimum atomic E-state index is 0. The molecule has 0 aromatic heterocycles. The lowest BCUT2D eigenvalue weighted by Crippen LogP contribution is -2.40. The summed E-state index contributed by atoms with van der Waals surface area (Å²) in [7, 11) is 3.29. The lowest BCUT2D eigenvalue weighted by molar-refractivity contribution is 0.179. The summed E-state index contributed by atoms with van der Waals surface area (Å²) < 4.78 is 11.1. The molecule has 0 aliphatic carbocycles. The molecule has 0 aliphatic rings. The smallest absolute Gasteiger partial charge is 0.189 e. The van der Waals surface area contributed by atoms with Gasteiger partial charge in [-0.2, -0.15) is 0 Å². The SMILES string of the molecule is COCC(C)NC(N)=NCc1ccc(OC)c(Br)c1.I. The molecule has 1 atom stereocenters. The highest BCUT2D eigenvalue weighted by molar-refractivity contribution is 14.0. The Kier molecular flexibility index (Phi) is 9.95. The van der Waals surface area contributed by atoms with Gasteiger partial charge in [-0.15, -0.1) is 24.0 Å². The van der Waals surface area contributed by atoms with Gasteiger partial charge in [0, 0.05) is 13.2 Å². The predicted octanol–water partition coefficient (Wildman–Crippen LogP) is 2.51. The van der Waals surface area contributed by atoms with Crippen molar-refractivity contribution < 1.29 is 9.47 Å². The van der Waals surface area contributed by atoms with Gasteiger partial charge in [-0.3, -0.25) is 0 Å². The van der Waals surface area contributed by atoms with Crippen LogP contribution in [0.3, 0.4) is 0 Å². The standard InChI is InChI=1S/C13H20BrN3O2.HI/c1-9(8-18-2)17-13(15)16-7-10-4-5-12(19-3)11(14)6-10;/h4-6,9H,7-8H2,1-3H3,(H3,15,16,17);1H. The molecule has 0 radical (unpaired) electrons. The lowest BCUT2D eigenvalue weighted by Gasteiger charge is -2.13. The van der Waals surface area contributed by atoms with Gasteiger partial charge in [-0.05, 0) is 40.5 Å². The summed E-state index contributed by atoms with van der Waals surface area (Å²) in [5, 5.41) is 3.05. The van der Waals surface area contributed by atoms with Crippen LogP contribution < -0.4 is 15.8 Å². The molecule has 0 saturated heterocycles. The zero-order valence-electron chi connectivity index (χ0n) is 11.9. The molecular formula is C13H21BrIN3O2. The van der Waals surface area contributed by atoms with Gasteiger partial charge in [-0.25, -0.2) is 4.99 Å². The van der Waals surface area contributed by atoms with E-state index < -0.39 is 0 Å². The lowest BCUT2D eigenvalue weighted by atomic mass is 10.2. The number of methoxy groups -OCH3 is 2. The van der Waals surface area contributed by atoms with Crippen LogP contribution in [0, 0.1) is 0 Å². The van der Waals surface area contributed by atoms with Crippen LogP contribution in [0.5, 0.6) is 5.75 Å². The van der Waals surface area contributed by atoms with Gasteiger partial charge in [0.05, 0.1) is 24.7 Å². The molecular weight excluding hydrogens is 437 g/mol. The molecule has 0 aliphatic heterocycles. The van der Waals surface area contributed by atoms with E-state index in [4.69, 9.17) is 15.2 Å². The van der Waals surface area contributed by atoms with Gasteiger partial charge in [0.25, 0.3) is 0 Å². The topological polar surface area (TPSA) is 68.9 Å². The monoisotopic (exact) mass is 457 g/mol. The van der Waals surface area contributed by atoms with Crippen molar-refractivity contribution in [2.24, 2.45) is 10.7 Å². The van der Waals surface area contributed by atoms with E-state index in [2.05, 4.69) is 26.2 Å². The highest BCUT2D eigenvalue weighted by atomic mass is 127. The summed E-state index contributed by atoms with van der Waals surface area (Å²) in [4.78, 5) is 4.28. The average molecular weight is 458 g/mol. The summed E-state index contributed by atoms with van der Waals surface area (Å²) in [5.74, 6) is 1.21. The Labute approximate surface area is 145 Å². The Morgan fingerprint density at radius 2 is 2.15 bits per heavy atom. The van der Waals surface area contributed by atoms with Crippen LogP contribution in [-0.2, 0) is 11.3 Å². The largest absolute Gasteiger partial charge is 0.496 e. The molecule has 0 amide bonds. The van der Waals surface area contributed by atoms with E-state index in [1.807, 2.05) is 25.1 Å². The molecule has 114 valence electrons. The van der Waals surface area contributed by atoms with Crippen molar-refractivity contribution in [3.63, 3.8) is 0 Å². The van der Waals surface area contributed by atoms with Crippen molar-refractivity contribution in [3.8, 4) is 5.75 Å². The summed E-state index contributed by atoms with van der Waals surface area (Å²) in [6, 6.07) is 5.95. The molecule has 1 unspecified atom stereocenters. The number of guanidine groups is 1. The molecule has 0 spiro atoms. The van der Waals surface area contributed by atoms with Crippen molar-refractivity contribution in [2.45, 2.75) is 19.5 Å². The Balaban J connectivity index is 0.00000361. The van der Waals surface area contributed by atoms with Crippen LogP contribution in [-0.4, -0.2) is 32.8 Å². The second-order valence-electron chi connectivity index (χ2n) is 4.17. The third-order valence-corrected chi connectivity index (χ3v) is 3.08. The van der Waals surface area contributed by atoms with Crippen molar-refractivity contribution in [2.75, 3.05) is 20.8 Å². The van der Waals surface area contributed by atoms with Crippen LogP contribution >= 0.6 is 39.9 Å². The first kappa shape index (κ1) is 19.5. The molecule has 3 N–H and O–H groups in total. The summed E-state index contributed by atoms with van der Waals surface area (Å²) in [6.45, 7) is 3.08. The fraction of sp³-hybridized carbons (Fsp3) is 0.462. The minimum Gasteiger partial charge on any atom is -0.496 e. The van der Waals surface area contributed by atoms with Gasteiger partial charge in [-0.1, -0.05) is 6.07 Å². The molecule has 1 aromatic carbocycles. The van der Waals surface area contributed by atoms with Crippen LogP contribution in [0.25, 0.3) is 0 Å². The summed E-state index contributed by atoms with van der Waals surface area (Å²) >= 11 is 3.44.